The van der Waals surface area contributed by atoms with Crippen LogP contribution >= 0.6 is 0 Å². The lowest BCUT2D eigenvalue weighted by Gasteiger charge is -2.23. The number of nitrogens with one attached hydrogen (secondary N) is 2. The van der Waals surface area contributed by atoms with Crippen LogP contribution in [-0.4, -0.2) is 67.6 Å². The number of aryl methyl sites for hydroxylation is 1. The van der Waals surface area contributed by atoms with E-state index in [1.807, 2.05) is 31.2 Å². The molecule has 4 rings (SSSR count). The van der Waals surface area contributed by atoms with Gasteiger partial charge in [-0.2, -0.15) is 0 Å². The normalized spacial score (nSPS) is 13.9. The van der Waals surface area contributed by atoms with Gasteiger partial charge in [0.2, 0.25) is 0 Å². The molecule has 9 nitrogen and oxygen atoms in total. The number of benzene rings is 3. The van der Waals surface area contributed by atoms with Crippen LogP contribution in [0, 0.1) is 6.92 Å². The first-order valence-corrected chi connectivity index (χ1v) is 12.5. The van der Waals surface area contributed by atoms with Gasteiger partial charge in [0.1, 0.15) is 11.4 Å². The van der Waals surface area contributed by atoms with E-state index < -0.39 is 18.5 Å². The number of hydrogen-bond acceptors (Lipinski definition) is 6. The Balaban J connectivity index is 1.55. The van der Waals surface area contributed by atoms with Crippen molar-refractivity contribution in [2.75, 3.05) is 55.4 Å². The van der Waals surface area contributed by atoms with Crippen molar-refractivity contribution >= 4 is 34.8 Å². The Morgan fingerprint density at radius 3 is 2.18 bits per heavy atom. The van der Waals surface area contributed by atoms with Crippen LogP contribution in [0.2, 0.25) is 0 Å². The van der Waals surface area contributed by atoms with Crippen molar-refractivity contribution in [3.05, 3.63) is 83.4 Å². The molecule has 0 aromatic heterocycles. The summed E-state index contributed by atoms with van der Waals surface area (Å²) in [6, 6.07) is 19.2. The van der Waals surface area contributed by atoms with Crippen molar-refractivity contribution in [1.29, 1.82) is 0 Å². The maximum absolute atomic E-state index is 13.2. The van der Waals surface area contributed by atoms with Crippen molar-refractivity contribution in [3.63, 3.8) is 0 Å². The van der Waals surface area contributed by atoms with Gasteiger partial charge < -0.3 is 30.3 Å². The van der Waals surface area contributed by atoms with Gasteiger partial charge in [0.05, 0.1) is 5.69 Å². The Hall–Kier alpha value is -4.37. The summed E-state index contributed by atoms with van der Waals surface area (Å²) in [6.07, 6.45) is 1.07. The first-order chi connectivity index (χ1) is 18.3. The number of nitrogens with zero attached hydrogens (tertiary/aromatic N) is 2. The number of hydrogen-bond donors (Lipinski definition) is 3. The van der Waals surface area contributed by atoms with Gasteiger partial charge in [-0.1, -0.05) is 23.8 Å². The molecule has 3 aromatic rings. The predicted octanol–water partition coefficient (Wildman–Crippen LogP) is 4.10. The van der Waals surface area contributed by atoms with Crippen molar-refractivity contribution in [2.45, 2.75) is 13.3 Å². The average Bonchev–Trinajstić information content (AvgIpc) is 3.13. The number of carboxylic acids is 1. The molecule has 1 heterocycles. The smallest absolute Gasteiger partial charge is 0.341 e. The second-order valence-electron chi connectivity index (χ2n) is 9.33. The number of carbonyl (C=O) groups is 3. The first kappa shape index (κ1) is 26.7. The molecule has 0 spiro atoms. The number of carbonyl (C=O) groups excluding carboxylic acids is 2. The molecule has 1 aliphatic rings. The van der Waals surface area contributed by atoms with Gasteiger partial charge in [0.15, 0.2) is 6.61 Å². The van der Waals surface area contributed by atoms with E-state index >= 15 is 0 Å². The standard InChI is InChI=1S/C29H32N4O5/c1-20-7-9-21(10-8-20)28(36)30-24-5-3-6-25(38-19-26(34)35)27(24)31-29(37)22-11-13-23(14-12-22)33-16-4-15-32(2)17-18-33/h3,5-14H,4,15-19H2,1-2H3,(H,30,36)(H,31,37)(H,34,35). The van der Waals surface area contributed by atoms with Crippen LogP contribution in [0.15, 0.2) is 66.7 Å². The monoisotopic (exact) mass is 516 g/mol. The van der Waals surface area contributed by atoms with Gasteiger partial charge in [-0.05, 0) is 75.5 Å². The minimum Gasteiger partial charge on any atom is -0.480 e. The van der Waals surface area contributed by atoms with Crippen LogP contribution in [-0.2, 0) is 4.79 Å². The molecule has 198 valence electrons. The van der Waals surface area contributed by atoms with E-state index in [2.05, 4.69) is 27.5 Å². The van der Waals surface area contributed by atoms with E-state index in [9.17, 15) is 14.4 Å². The third-order valence-electron chi connectivity index (χ3n) is 6.39. The Morgan fingerprint density at radius 2 is 1.50 bits per heavy atom. The summed E-state index contributed by atoms with van der Waals surface area (Å²) in [4.78, 5) is 41.8. The number of amides is 2. The van der Waals surface area contributed by atoms with Gasteiger partial charge in [-0.25, -0.2) is 4.79 Å². The van der Waals surface area contributed by atoms with Crippen LogP contribution in [0.4, 0.5) is 17.1 Å². The van der Waals surface area contributed by atoms with E-state index in [-0.39, 0.29) is 23.0 Å². The molecule has 9 heteroatoms. The molecule has 0 atom stereocenters. The molecular formula is C29H32N4O5. The van der Waals surface area contributed by atoms with Gasteiger partial charge >= 0.3 is 5.97 Å². The molecule has 3 aromatic carbocycles. The fraction of sp³-hybridized carbons (Fsp3) is 0.276. The van der Waals surface area contributed by atoms with Crippen molar-refractivity contribution < 1.29 is 24.2 Å². The Morgan fingerprint density at radius 1 is 0.842 bits per heavy atom. The Labute approximate surface area is 222 Å². The minimum absolute atomic E-state index is 0.132. The largest absolute Gasteiger partial charge is 0.480 e. The van der Waals surface area contributed by atoms with E-state index in [0.717, 1.165) is 43.9 Å². The van der Waals surface area contributed by atoms with Crippen LogP contribution in [0.3, 0.4) is 0 Å². The van der Waals surface area contributed by atoms with Crippen LogP contribution in [0.1, 0.15) is 32.7 Å². The predicted molar refractivity (Wildman–Crippen MR) is 147 cm³/mol. The van der Waals surface area contributed by atoms with E-state index in [4.69, 9.17) is 9.84 Å². The van der Waals surface area contributed by atoms with E-state index in [0.29, 0.717) is 11.1 Å². The molecule has 0 bridgehead atoms. The number of anilines is 3. The Kier molecular flexibility index (Phi) is 8.60. The summed E-state index contributed by atoms with van der Waals surface area (Å²) in [5, 5.41) is 14.7. The van der Waals surface area contributed by atoms with Gasteiger partial charge in [-0.15, -0.1) is 0 Å². The molecular weight excluding hydrogens is 484 g/mol. The molecule has 1 fully saturated rings. The van der Waals surface area contributed by atoms with Crippen molar-refractivity contribution in [3.8, 4) is 5.75 Å². The van der Waals surface area contributed by atoms with Crippen LogP contribution in [0.25, 0.3) is 0 Å². The lowest BCUT2D eigenvalue weighted by molar-refractivity contribution is -0.139. The average molecular weight is 517 g/mol. The van der Waals surface area contributed by atoms with E-state index in [1.54, 1.807) is 42.5 Å². The lowest BCUT2D eigenvalue weighted by Crippen LogP contribution is -2.28. The van der Waals surface area contributed by atoms with Crippen molar-refractivity contribution in [2.24, 2.45) is 0 Å². The highest BCUT2D eigenvalue weighted by Gasteiger charge is 2.18. The summed E-state index contributed by atoms with van der Waals surface area (Å²) in [5.74, 6) is -1.81. The molecule has 2 amide bonds. The molecule has 0 saturated carbocycles. The number of carboxylic acid groups (broad SMARTS) is 1. The fourth-order valence-electron chi connectivity index (χ4n) is 4.24. The summed E-state index contributed by atoms with van der Waals surface area (Å²) in [6.45, 7) is 5.24. The third-order valence-corrected chi connectivity index (χ3v) is 6.39. The number of likely N-dealkylation sites (N-methyl/N-ethyl adjacent to an activating group) is 1. The lowest BCUT2D eigenvalue weighted by atomic mass is 10.1. The summed E-state index contributed by atoms with van der Waals surface area (Å²) in [7, 11) is 2.12. The topological polar surface area (TPSA) is 111 Å². The Bertz CT molecular complexity index is 1290. The highest BCUT2D eigenvalue weighted by atomic mass is 16.5. The highest BCUT2D eigenvalue weighted by Crippen LogP contribution is 2.34. The first-order valence-electron chi connectivity index (χ1n) is 12.5. The fourth-order valence-corrected chi connectivity index (χ4v) is 4.24. The van der Waals surface area contributed by atoms with Crippen LogP contribution < -0.4 is 20.3 Å². The van der Waals surface area contributed by atoms with E-state index in [1.165, 1.54) is 0 Å². The second-order valence-corrected chi connectivity index (χ2v) is 9.33. The van der Waals surface area contributed by atoms with Crippen molar-refractivity contribution in [1.82, 2.24) is 4.90 Å². The second kappa shape index (κ2) is 12.2. The number of rotatable bonds is 8. The van der Waals surface area contributed by atoms with Gasteiger partial charge in [0.25, 0.3) is 11.8 Å². The van der Waals surface area contributed by atoms with Crippen LogP contribution in [0.5, 0.6) is 5.75 Å². The number of aliphatic carboxylic acids is 1. The quantitative estimate of drug-likeness (QED) is 0.413. The zero-order chi connectivity index (χ0) is 27.1. The molecule has 0 radical (unpaired) electrons. The molecule has 1 saturated heterocycles. The number of para-hydroxylation sites is 1. The molecule has 38 heavy (non-hydrogen) atoms. The number of ether oxygens (including phenoxy) is 1. The van der Waals surface area contributed by atoms with Gasteiger partial charge in [-0.3, -0.25) is 9.59 Å². The summed E-state index contributed by atoms with van der Waals surface area (Å²) in [5.41, 5.74) is 3.40. The molecule has 0 unspecified atom stereocenters. The summed E-state index contributed by atoms with van der Waals surface area (Å²) >= 11 is 0. The third kappa shape index (κ3) is 6.89. The molecule has 1 aliphatic heterocycles. The summed E-state index contributed by atoms with van der Waals surface area (Å²) < 4.78 is 5.42. The zero-order valence-electron chi connectivity index (χ0n) is 21.6. The molecule has 3 N–H and O–H groups in total. The maximum atomic E-state index is 13.2. The highest BCUT2D eigenvalue weighted by molar-refractivity contribution is 6.11. The van der Waals surface area contributed by atoms with Gasteiger partial charge in [0, 0.05) is 36.4 Å². The molecule has 0 aliphatic carbocycles. The SMILES string of the molecule is Cc1ccc(C(=O)Nc2cccc(OCC(=O)O)c2NC(=O)c2ccc(N3CCCN(C)CC3)cc2)cc1. The minimum atomic E-state index is -1.16. The zero-order valence-corrected chi connectivity index (χ0v) is 21.6. The maximum Gasteiger partial charge on any atom is 0.341 e.